The molecule has 35 heteroatoms. The van der Waals surface area contributed by atoms with Crippen LogP contribution in [0.25, 0.3) is 0 Å². The van der Waals surface area contributed by atoms with Crippen LogP contribution in [0.4, 0.5) is 0 Å². The van der Waals surface area contributed by atoms with Gasteiger partial charge in [0.05, 0.1) is 58.5 Å². The number of methoxy groups -OCH3 is 1. The summed E-state index contributed by atoms with van der Waals surface area (Å²) in [5.74, 6) is -0.751. The first kappa shape index (κ1) is 65.1. The monoisotopic (exact) mass is 1160 g/mol. The maximum absolute atomic E-state index is 11.3. The molecule has 21 unspecified atom stereocenters. The fourth-order valence-electron chi connectivity index (χ4n) is 10.4. The maximum Gasteiger partial charge on any atom is 0.187 e. The van der Waals surface area contributed by atoms with Crippen molar-refractivity contribution in [3.8, 4) is 0 Å². The van der Waals surface area contributed by atoms with Gasteiger partial charge < -0.3 is 174 Å². The molecular weight excluding hydrogens is 1090 g/mol. The fourth-order valence-corrected chi connectivity index (χ4v) is 10.4. The summed E-state index contributed by atoms with van der Waals surface area (Å²) in [6.45, 7) is -4.89. The molecule has 7 aliphatic rings. The third-order valence-electron chi connectivity index (χ3n) is 15.1. The lowest BCUT2D eigenvalue weighted by molar-refractivity contribution is -0.397. The summed E-state index contributed by atoms with van der Waals surface area (Å²) in [7, 11) is 1.16. The molecule has 0 radical (unpaired) electrons. The summed E-state index contributed by atoms with van der Waals surface area (Å²) in [4.78, 5) is 0. The van der Waals surface area contributed by atoms with Crippen molar-refractivity contribution < 1.29 is 174 Å². The van der Waals surface area contributed by atoms with Crippen LogP contribution in [0.1, 0.15) is 6.92 Å². The van der Waals surface area contributed by atoms with Crippen LogP contribution in [-0.2, 0) is 66.3 Å². The molecule has 7 aliphatic heterocycles. The molecule has 7 rings (SSSR count). The minimum Gasteiger partial charge on any atom is -0.394 e. The van der Waals surface area contributed by atoms with Gasteiger partial charge in [0.2, 0.25) is 0 Å². The van der Waals surface area contributed by atoms with Gasteiger partial charge in [-0.15, -0.1) is 0 Å². The van der Waals surface area contributed by atoms with Crippen LogP contribution in [0, 0.1) is 5.92 Å². The number of hydrogen-bond donors (Lipinski definition) is 21. The predicted molar refractivity (Wildman–Crippen MR) is 240 cm³/mol. The Balaban J connectivity index is 0.946. The SMILES string of the molecule is CO[C@@H]1OC(CO)C(O[C@@H]2OC(CO)C(O[C@@H]3OC(CO)C(O[C@@H]4OC(CO)C(O[C@@H]5OC(CO)C(O[C@@H]6OC(CO)C(O[C@@H]7OC(CO)C(C)[C@H](O)C7O)[C@H](O)C6O)[C@H](O)C5O)[C@H](O)C4O)[C@H](O)C3O)[C@H](O)C2O)[C@H](O)C1O. The van der Waals surface area contributed by atoms with E-state index in [-0.39, 0.29) is 0 Å². The number of aliphatic hydroxyl groups is 21. The molecule has 0 spiro atoms. The Labute approximate surface area is 448 Å². The van der Waals surface area contributed by atoms with Gasteiger partial charge in [-0.2, -0.15) is 0 Å². The molecule has 7 fully saturated rings. The first-order valence-corrected chi connectivity index (χ1v) is 25.4. The summed E-state index contributed by atoms with van der Waals surface area (Å²) in [6.07, 6.45) is -62.4. The molecule has 0 bridgehead atoms. The smallest absolute Gasteiger partial charge is 0.187 e. The highest BCUT2D eigenvalue weighted by molar-refractivity contribution is 5.01. The third kappa shape index (κ3) is 13.4. The molecule has 0 aliphatic carbocycles. The highest BCUT2D eigenvalue weighted by atomic mass is 16.8. The molecule has 0 aromatic heterocycles. The molecule has 0 saturated carbocycles. The summed E-state index contributed by atoms with van der Waals surface area (Å²) < 4.78 is 78.1. The average Bonchev–Trinajstić information content (AvgIpc) is 3.48. The summed E-state index contributed by atoms with van der Waals surface area (Å²) in [5, 5.41) is 225. The molecular formula is C44H76O35. The molecule has 21 N–H and O–H groups in total. The van der Waals surface area contributed by atoms with Crippen LogP contribution in [0.3, 0.4) is 0 Å². The Morgan fingerprint density at radius 2 is 0.405 bits per heavy atom. The van der Waals surface area contributed by atoms with E-state index in [1.54, 1.807) is 0 Å². The largest absolute Gasteiger partial charge is 0.394 e. The molecule has 7 heterocycles. The predicted octanol–water partition coefficient (Wildman–Crippen LogP) is -14.3. The second-order valence-corrected chi connectivity index (χ2v) is 20.1. The van der Waals surface area contributed by atoms with E-state index in [4.69, 9.17) is 66.3 Å². The lowest BCUT2D eigenvalue weighted by Crippen LogP contribution is -2.68. The van der Waals surface area contributed by atoms with Crippen molar-refractivity contribution in [1.82, 2.24) is 0 Å². The van der Waals surface area contributed by atoms with Crippen LogP contribution < -0.4 is 0 Å². The topological polar surface area (TPSA) is 554 Å². The molecule has 0 amide bonds. The van der Waals surface area contributed by atoms with Gasteiger partial charge in [-0.25, -0.2) is 0 Å². The molecule has 0 aromatic carbocycles. The van der Waals surface area contributed by atoms with E-state index in [1.807, 2.05) is 0 Å². The van der Waals surface area contributed by atoms with Crippen molar-refractivity contribution in [1.29, 1.82) is 0 Å². The Morgan fingerprint density at radius 1 is 0.241 bits per heavy atom. The fraction of sp³-hybridized carbons (Fsp3) is 1.00. The molecule has 0 aromatic rings. The van der Waals surface area contributed by atoms with Crippen molar-refractivity contribution in [3.05, 3.63) is 0 Å². The Morgan fingerprint density at radius 3 is 0.595 bits per heavy atom. The van der Waals surface area contributed by atoms with E-state index in [1.165, 1.54) is 6.92 Å². The lowest BCUT2D eigenvalue weighted by atomic mass is 9.91. The van der Waals surface area contributed by atoms with Crippen molar-refractivity contribution in [2.75, 3.05) is 53.4 Å². The molecule has 35 atom stereocenters. The standard InChI is InChI=1S/C44H76O35/c1-10-11(3-45)67-39(25(59)18(10)52)74-33-13(5-47)69-41(27(61)20(33)54)76-35-15(7-49)71-43(29(63)22(35)56)78-37-17(9-51)73-44(31(65)24(37)58)79-36-16(8-50)72-42(30(64)23(36)57)77-34-14(6-48)70-40(28(62)21(34)55)75-32-12(4-46)68-38(66-2)26(60)19(32)53/h10-65H,3-9H2,1-2H3/t10?,11?,12?,13?,14?,15?,16?,17?,18-,19+,20+,21+,22+,23+,24+,25?,26?,27?,28?,29?,30?,31?,32?,33?,34?,35?,36?,37?,38+,39-,40-,41-,42-,43-,44-/m0/s1. The number of ether oxygens (including phenoxy) is 14. The lowest BCUT2D eigenvalue weighted by Gasteiger charge is -2.50. The van der Waals surface area contributed by atoms with Gasteiger partial charge in [0, 0.05) is 13.0 Å². The van der Waals surface area contributed by atoms with Gasteiger partial charge in [-0.05, 0) is 0 Å². The van der Waals surface area contributed by atoms with E-state index >= 15 is 0 Å². The van der Waals surface area contributed by atoms with E-state index in [0.29, 0.717) is 0 Å². The van der Waals surface area contributed by atoms with Gasteiger partial charge in [-0.3, -0.25) is 0 Å². The molecule has 35 nitrogen and oxygen atoms in total. The molecule has 7 saturated heterocycles. The minimum atomic E-state index is -2.21. The maximum atomic E-state index is 11.3. The Bertz CT molecular complexity index is 1820. The van der Waals surface area contributed by atoms with Gasteiger partial charge in [-0.1, -0.05) is 6.92 Å². The summed E-state index contributed by atoms with van der Waals surface area (Å²) in [5.41, 5.74) is 0. The highest BCUT2D eigenvalue weighted by Gasteiger charge is 2.58. The second-order valence-electron chi connectivity index (χ2n) is 20.1. The third-order valence-corrected chi connectivity index (χ3v) is 15.1. The van der Waals surface area contributed by atoms with Crippen LogP contribution in [0.2, 0.25) is 0 Å². The molecule has 462 valence electrons. The number of rotatable bonds is 20. The second kappa shape index (κ2) is 28.2. The average molecular weight is 1170 g/mol. The van der Waals surface area contributed by atoms with E-state index in [2.05, 4.69) is 0 Å². The zero-order chi connectivity index (χ0) is 58.1. The Kier molecular flexibility index (Phi) is 23.3. The van der Waals surface area contributed by atoms with Gasteiger partial charge in [0.1, 0.15) is 153 Å². The zero-order valence-corrected chi connectivity index (χ0v) is 42.3. The summed E-state index contributed by atoms with van der Waals surface area (Å²) >= 11 is 0. The van der Waals surface area contributed by atoms with E-state index < -0.39 is 261 Å². The van der Waals surface area contributed by atoms with Gasteiger partial charge in [0.15, 0.2) is 44.0 Å². The first-order valence-electron chi connectivity index (χ1n) is 25.4. The normalized spacial score (nSPS) is 53.0. The minimum absolute atomic E-state index is 0.592. The number of hydrogen-bond acceptors (Lipinski definition) is 35. The van der Waals surface area contributed by atoms with Crippen LogP contribution >= 0.6 is 0 Å². The summed E-state index contributed by atoms with van der Waals surface area (Å²) in [6, 6.07) is 0. The van der Waals surface area contributed by atoms with Crippen molar-refractivity contribution >= 4 is 0 Å². The van der Waals surface area contributed by atoms with E-state index in [9.17, 15) is 107 Å². The molecule has 79 heavy (non-hydrogen) atoms. The van der Waals surface area contributed by atoms with Crippen molar-refractivity contribution in [2.45, 2.75) is 216 Å². The van der Waals surface area contributed by atoms with Crippen molar-refractivity contribution in [3.63, 3.8) is 0 Å². The highest BCUT2D eigenvalue weighted by Crippen LogP contribution is 2.38. The first-order chi connectivity index (χ1) is 37.5. The van der Waals surface area contributed by atoms with Crippen LogP contribution in [-0.4, -0.2) is 369 Å². The van der Waals surface area contributed by atoms with E-state index in [0.717, 1.165) is 7.11 Å². The van der Waals surface area contributed by atoms with Gasteiger partial charge >= 0.3 is 0 Å². The zero-order valence-electron chi connectivity index (χ0n) is 42.3. The van der Waals surface area contributed by atoms with Crippen LogP contribution in [0.15, 0.2) is 0 Å². The van der Waals surface area contributed by atoms with Gasteiger partial charge in [0.25, 0.3) is 0 Å². The van der Waals surface area contributed by atoms with Crippen LogP contribution in [0.5, 0.6) is 0 Å². The quantitative estimate of drug-likeness (QED) is 0.0538. The Hall–Kier alpha value is -1.40. The number of aliphatic hydroxyl groups excluding tert-OH is 21. The van der Waals surface area contributed by atoms with Crippen molar-refractivity contribution in [2.24, 2.45) is 5.92 Å².